The Kier molecular flexibility index (Phi) is 12.7. The summed E-state index contributed by atoms with van der Waals surface area (Å²) in [6.07, 6.45) is 6.08. The molecule has 0 radical (unpaired) electrons. The SMILES string of the molecule is CCC(C)C(=O)CC(Cc1c[nH]c2ccccc12)C(=O)CC(Cc1ccccc1)C(=O)CC(CCCCN)C(C)=O. The summed E-state index contributed by atoms with van der Waals surface area (Å²) in [6.45, 7) is 5.98. The number of hydrogen-bond donors (Lipinski definition) is 2. The Bertz CT molecular complexity index is 1300. The van der Waals surface area contributed by atoms with Gasteiger partial charge in [-0.3, -0.25) is 19.2 Å². The molecule has 4 unspecified atom stereocenters. The van der Waals surface area contributed by atoms with Crippen molar-refractivity contribution in [2.75, 3.05) is 6.54 Å². The molecule has 0 aliphatic carbocycles. The molecule has 0 saturated heterocycles. The molecule has 0 fully saturated rings. The Morgan fingerprint density at radius 1 is 0.780 bits per heavy atom. The molecule has 0 bridgehead atoms. The van der Waals surface area contributed by atoms with E-state index in [1.807, 2.05) is 74.6 Å². The van der Waals surface area contributed by atoms with Crippen LogP contribution in [0.5, 0.6) is 0 Å². The molecule has 3 rings (SSSR count). The van der Waals surface area contributed by atoms with Crippen molar-refractivity contribution in [1.29, 1.82) is 0 Å². The van der Waals surface area contributed by atoms with Crippen LogP contribution in [-0.4, -0.2) is 34.7 Å². The number of nitrogens with one attached hydrogen (secondary N) is 1. The van der Waals surface area contributed by atoms with Crippen molar-refractivity contribution in [1.82, 2.24) is 4.98 Å². The zero-order chi connectivity index (χ0) is 29.8. The number of unbranched alkanes of at least 4 members (excludes halogenated alkanes) is 1. The lowest BCUT2D eigenvalue weighted by atomic mass is 9.79. The zero-order valence-electron chi connectivity index (χ0n) is 24.9. The van der Waals surface area contributed by atoms with Gasteiger partial charge in [0.25, 0.3) is 0 Å². The Morgan fingerprint density at radius 3 is 2.05 bits per heavy atom. The van der Waals surface area contributed by atoms with Crippen molar-refractivity contribution in [2.24, 2.45) is 29.4 Å². The van der Waals surface area contributed by atoms with Gasteiger partial charge in [0.1, 0.15) is 23.1 Å². The summed E-state index contributed by atoms with van der Waals surface area (Å²) in [4.78, 5) is 56.4. The van der Waals surface area contributed by atoms with Gasteiger partial charge in [-0.05, 0) is 62.8 Å². The van der Waals surface area contributed by atoms with Crippen LogP contribution in [0.4, 0.5) is 0 Å². The minimum absolute atomic E-state index is 0.00322. The van der Waals surface area contributed by atoms with Crippen molar-refractivity contribution < 1.29 is 19.2 Å². The maximum atomic E-state index is 14.0. The van der Waals surface area contributed by atoms with Gasteiger partial charge >= 0.3 is 0 Å². The number of Topliss-reactive ketones (excluding diaryl/α,β-unsaturated/α-hetero) is 4. The predicted octanol–water partition coefficient (Wildman–Crippen LogP) is 6.44. The maximum Gasteiger partial charge on any atom is 0.137 e. The van der Waals surface area contributed by atoms with E-state index < -0.39 is 11.8 Å². The van der Waals surface area contributed by atoms with E-state index in [9.17, 15) is 19.2 Å². The topological polar surface area (TPSA) is 110 Å². The summed E-state index contributed by atoms with van der Waals surface area (Å²) < 4.78 is 0. The Labute approximate surface area is 244 Å². The molecule has 220 valence electrons. The number of para-hydroxylation sites is 1. The smallest absolute Gasteiger partial charge is 0.137 e. The van der Waals surface area contributed by atoms with Crippen LogP contribution in [0.25, 0.3) is 10.9 Å². The van der Waals surface area contributed by atoms with Gasteiger partial charge in [-0.2, -0.15) is 0 Å². The van der Waals surface area contributed by atoms with E-state index in [0.29, 0.717) is 25.8 Å². The highest BCUT2D eigenvalue weighted by atomic mass is 16.1. The van der Waals surface area contributed by atoms with Crippen molar-refractivity contribution in [2.45, 2.75) is 78.6 Å². The molecular formula is C35H46N2O4. The van der Waals surface area contributed by atoms with Crippen molar-refractivity contribution >= 4 is 34.0 Å². The molecule has 0 amide bonds. The highest BCUT2D eigenvalue weighted by Crippen LogP contribution is 2.28. The largest absolute Gasteiger partial charge is 0.361 e. The molecule has 6 nitrogen and oxygen atoms in total. The standard InChI is InChI=1S/C35H46N2O4/c1-4-24(2)33(39)21-29(19-30-23-37-32-16-9-8-15-31(30)32)35(41)22-28(18-26-12-6-5-7-13-26)34(40)20-27(25(3)38)14-10-11-17-36/h5-9,12-13,15-16,23-24,27-29,37H,4,10-11,14,17-22,36H2,1-3H3. The quantitative estimate of drug-likeness (QED) is 0.164. The fourth-order valence-electron chi connectivity index (χ4n) is 5.54. The Balaban J connectivity index is 1.86. The molecule has 41 heavy (non-hydrogen) atoms. The van der Waals surface area contributed by atoms with Gasteiger partial charge in [0.05, 0.1) is 0 Å². The van der Waals surface area contributed by atoms with Crippen molar-refractivity contribution in [3.05, 3.63) is 71.9 Å². The number of carbonyl (C=O) groups is 4. The van der Waals surface area contributed by atoms with Crippen LogP contribution >= 0.6 is 0 Å². The first-order valence-electron chi connectivity index (χ1n) is 15.1. The van der Waals surface area contributed by atoms with Gasteiger partial charge in [0.15, 0.2) is 0 Å². The van der Waals surface area contributed by atoms with Crippen LogP contribution in [-0.2, 0) is 32.0 Å². The number of carbonyl (C=O) groups excluding carboxylic acids is 4. The normalized spacial score (nSPS) is 14.3. The third kappa shape index (κ3) is 9.60. The second-order valence-corrected chi connectivity index (χ2v) is 11.6. The number of ketones is 4. The summed E-state index contributed by atoms with van der Waals surface area (Å²) in [5.74, 6) is -1.61. The number of aromatic amines is 1. The molecule has 0 saturated carbocycles. The van der Waals surface area contributed by atoms with Crippen LogP contribution in [0.15, 0.2) is 60.8 Å². The van der Waals surface area contributed by atoms with E-state index in [1.165, 1.54) is 6.92 Å². The molecule has 6 heteroatoms. The third-order valence-electron chi connectivity index (χ3n) is 8.46. The van der Waals surface area contributed by atoms with Gasteiger partial charge in [-0.15, -0.1) is 0 Å². The molecule has 1 aromatic heterocycles. The van der Waals surface area contributed by atoms with Crippen LogP contribution in [0.1, 0.15) is 76.8 Å². The van der Waals surface area contributed by atoms with Crippen molar-refractivity contribution in [3.8, 4) is 0 Å². The summed E-state index contributed by atoms with van der Waals surface area (Å²) in [5.41, 5.74) is 8.60. The molecule has 3 N–H and O–H groups in total. The first-order valence-corrected chi connectivity index (χ1v) is 15.1. The summed E-state index contributed by atoms with van der Waals surface area (Å²) in [7, 11) is 0. The summed E-state index contributed by atoms with van der Waals surface area (Å²) in [6, 6.07) is 17.6. The first-order chi connectivity index (χ1) is 19.7. The van der Waals surface area contributed by atoms with Gasteiger partial charge < -0.3 is 10.7 Å². The van der Waals surface area contributed by atoms with E-state index in [0.717, 1.165) is 41.3 Å². The highest BCUT2D eigenvalue weighted by Gasteiger charge is 2.31. The lowest BCUT2D eigenvalue weighted by Gasteiger charge is -2.22. The second kappa shape index (κ2) is 16.2. The average Bonchev–Trinajstić information content (AvgIpc) is 3.38. The number of benzene rings is 2. The Morgan fingerprint density at radius 2 is 1.39 bits per heavy atom. The lowest BCUT2D eigenvalue weighted by Crippen LogP contribution is -2.30. The van der Waals surface area contributed by atoms with Crippen LogP contribution in [0.2, 0.25) is 0 Å². The molecule has 3 aromatic rings. The van der Waals surface area contributed by atoms with Gasteiger partial charge in [-0.1, -0.05) is 68.8 Å². The summed E-state index contributed by atoms with van der Waals surface area (Å²) in [5, 5.41) is 1.04. The minimum Gasteiger partial charge on any atom is -0.361 e. The first kappa shape index (κ1) is 32.1. The van der Waals surface area contributed by atoms with Crippen LogP contribution in [0, 0.1) is 23.7 Å². The number of hydrogen-bond acceptors (Lipinski definition) is 5. The third-order valence-corrected chi connectivity index (χ3v) is 8.46. The van der Waals surface area contributed by atoms with E-state index >= 15 is 0 Å². The van der Waals surface area contributed by atoms with Gasteiger partial charge in [-0.25, -0.2) is 0 Å². The number of fused-ring (bicyclic) bond motifs is 1. The average molecular weight is 559 g/mol. The molecule has 1 heterocycles. The number of aromatic nitrogens is 1. The number of rotatable bonds is 19. The molecule has 0 spiro atoms. The van der Waals surface area contributed by atoms with Crippen LogP contribution in [0.3, 0.4) is 0 Å². The fourth-order valence-corrected chi connectivity index (χ4v) is 5.54. The van der Waals surface area contributed by atoms with E-state index in [1.54, 1.807) is 0 Å². The fraction of sp³-hybridized carbons (Fsp3) is 0.486. The van der Waals surface area contributed by atoms with E-state index in [2.05, 4.69) is 4.98 Å². The van der Waals surface area contributed by atoms with Gasteiger partial charge in [0, 0.05) is 60.0 Å². The maximum absolute atomic E-state index is 14.0. The molecule has 4 atom stereocenters. The zero-order valence-corrected chi connectivity index (χ0v) is 24.9. The lowest BCUT2D eigenvalue weighted by molar-refractivity contribution is -0.133. The summed E-state index contributed by atoms with van der Waals surface area (Å²) >= 11 is 0. The second-order valence-electron chi connectivity index (χ2n) is 11.6. The molecular weight excluding hydrogens is 512 g/mol. The minimum atomic E-state index is -0.551. The number of H-pyrrole nitrogens is 1. The van der Waals surface area contributed by atoms with Gasteiger partial charge in [0.2, 0.25) is 0 Å². The molecule has 0 aliphatic rings. The highest BCUT2D eigenvalue weighted by molar-refractivity contribution is 5.94. The van der Waals surface area contributed by atoms with E-state index in [-0.39, 0.29) is 54.2 Å². The Hall–Kier alpha value is -3.38. The van der Waals surface area contributed by atoms with Crippen LogP contribution < -0.4 is 5.73 Å². The van der Waals surface area contributed by atoms with E-state index in [4.69, 9.17) is 5.73 Å². The molecule has 0 aliphatic heterocycles. The van der Waals surface area contributed by atoms with Crippen molar-refractivity contribution in [3.63, 3.8) is 0 Å². The monoisotopic (exact) mass is 558 g/mol. The molecule has 2 aromatic carbocycles. The number of nitrogens with two attached hydrogens (primary N) is 1. The predicted molar refractivity (Wildman–Crippen MR) is 165 cm³/mol.